The van der Waals surface area contributed by atoms with Crippen LogP contribution in [0.1, 0.15) is 29.9 Å². The van der Waals surface area contributed by atoms with Crippen molar-refractivity contribution in [2.24, 2.45) is 0 Å². The quantitative estimate of drug-likeness (QED) is 0.757. The van der Waals surface area contributed by atoms with Gasteiger partial charge in [-0.05, 0) is 36.1 Å². The van der Waals surface area contributed by atoms with Crippen LogP contribution in [0, 0.1) is 0 Å². The Balaban J connectivity index is 1.55. The van der Waals surface area contributed by atoms with Crippen molar-refractivity contribution in [3.8, 4) is 0 Å². The molecule has 3 rings (SSSR count). The number of aliphatic carboxylic acids is 1. The molecule has 2 aromatic carbocycles. The molecule has 0 saturated carbocycles. The summed E-state index contributed by atoms with van der Waals surface area (Å²) in [5.41, 5.74) is 2.21. The van der Waals surface area contributed by atoms with Crippen molar-refractivity contribution in [3.63, 3.8) is 0 Å². The molecule has 27 heavy (non-hydrogen) atoms. The highest BCUT2D eigenvalue weighted by Crippen LogP contribution is 2.28. The molecule has 0 aliphatic carbocycles. The number of carbonyl (C=O) groups is 2. The van der Waals surface area contributed by atoms with E-state index < -0.39 is 5.97 Å². The van der Waals surface area contributed by atoms with Crippen LogP contribution in [0.5, 0.6) is 0 Å². The maximum absolute atomic E-state index is 12.6. The zero-order valence-corrected chi connectivity index (χ0v) is 15.7. The van der Waals surface area contributed by atoms with Gasteiger partial charge in [-0.3, -0.25) is 4.79 Å². The molecule has 2 N–H and O–H groups in total. The minimum atomic E-state index is -0.854. The number of hydrogen-bond acceptors (Lipinski definition) is 2. The molecule has 1 fully saturated rings. The third-order valence-corrected chi connectivity index (χ3v) is 5.08. The Labute approximate surface area is 163 Å². The van der Waals surface area contributed by atoms with Crippen LogP contribution in [0.3, 0.4) is 0 Å². The smallest absolute Gasteiger partial charge is 0.317 e. The molecule has 0 aromatic heterocycles. The zero-order chi connectivity index (χ0) is 19.2. The Kier molecular flexibility index (Phi) is 6.35. The summed E-state index contributed by atoms with van der Waals surface area (Å²) in [7, 11) is 0. The Bertz CT molecular complexity index is 791. The molecule has 6 heteroatoms. The second-order valence-electron chi connectivity index (χ2n) is 6.93. The van der Waals surface area contributed by atoms with Gasteiger partial charge in [0.05, 0.1) is 0 Å². The molecule has 1 unspecified atom stereocenters. The number of halogens is 1. The topological polar surface area (TPSA) is 69.6 Å². The van der Waals surface area contributed by atoms with Gasteiger partial charge in [0.2, 0.25) is 0 Å². The van der Waals surface area contributed by atoms with Crippen LogP contribution < -0.4 is 5.32 Å². The van der Waals surface area contributed by atoms with Crippen LogP contribution in [-0.4, -0.2) is 41.1 Å². The highest BCUT2D eigenvalue weighted by Gasteiger charge is 2.32. The SMILES string of the molecule is O=C(O)CCC(Cc1ccccc1)NC(=O)N1CC(c2cccc(Cl)c2)C1. The zero-order valence-electron chi connectivity index (χ0n) is 15.0. The van der Waals surface area contributed by atoms with E-state index in [4.69, 9.17) is 16.7 Å². The lowest BCUT2D eigenvalue weighted by atomic mass is 9.92. The van der Waals surface area contributed by atoms with Crippen LogP contribution in [0.25, 0.3) is 0 Å². The van der Waals surface area contributed by atoms with Gasteiger partial charge in [0.1, 0.15) is 0 Å². The summed E-state index contributed by atoms with van der Waals surface area (Å²) < 4.78 is 0. The fourth-order valence-electron chi connectivity index (χ4n) is 3.30. The first kappa shape index (κ1) is 19.2. The van der Waals surface area contributed by atoms with Crippen molar-refractivity contribution in [2.75, 3.05) is 13.1 Å². The summed E-state index contributed by atoms with van der Waals surface area (Å²) in [6.45, 7) is 1.28. The number of benzene rings is 2. The summed E-state index contributed by atoms with van der Waals surface area (Å²) in [6.07, 6.45) is 1.05. The molecular weight excluding hydrogens is 364 g/mol. The molecule has 0 spiro atoms. The fraction of sp³-hybridized carbons (Fsp3) is 0.333. The molecule has 2 aromatic rings. The number of likely N-dealkylation sites (tertiary alicyclic amines) is 1. The molecule has 0 bridgehead atoms. The van der Waals surface area contributed by atoms with E-state index in [1.165, 1.54) is 0 Å². The van der Waals surface area contributed by atoms with Gasteiger partial charge in [0.15, 0.2) is 0 Å². The molecule has 1 aliphatic heterocycles. The van der Waals surface area contributed by atoms with Crippen LogP contribution in [0.2, 0.25) is 5.02 Å². The minimum absolute atomic E-state index is 0.0307. The predicted octanol–water partition coefficient (Wildman–Crippen LogP) is 3.92. The number of carboxylic acid groups (broad SMARTS) is 1. The van der Waals surface area contributed by atoms with E-state index in [1.807, 2.05) is 54.6 Å². The molecule has 1 heterocycles. The van der Waals surface area contributed by atoms with E-state index in [2.05, 4.69) is 5.32 Å². The van der Waals surface area contributed by atoms with E-state index in [0.717, 1.165) is 11.1 Å². The summed E-state index contributed by atoms with van der Waals surface area (Å²) in [4.78, 5) is 25.2. The molecule has 142 valence electrons. The van der Waals surface area contributed by atoms with Crippen molar-refractivity contribution in [1.29, 1.82) is 0 Å². The number of nitrogens with zero attached hydrogens (tertiary/aromatic N) is 1. The fourth-order valence-corrected chi connectivity index (χ4v) is 3.50. The van der Waals surface area contributed by atoms with Crippen molar-refractivity contribution >= 4 is 23.6 Å². The average molecular weight is 387 g/mol. The summed E-state index contributed by atoms with van der Waals surface area (Å²) in [5.74, 6) is -0.562. The number of carboxylic acids is 1. The van der Waals surface area contributed by atoms with Gasteiger partial charge in [0.25, 0.3) is 0 Å². The van der Waals surface area contributed by atoms with Gasteiger partial charge in [-0.2, -0.15) is 0 Å². The van der Waals surface area contributed by atoms with E-state index in [-0.39, 0.29) is 18.5 Å². The van der Waals surface area contributed by atoms with E-state index in [0.29, 0.717) is 36.9 Å². The Morgan fingerprint density at radius 3 is 2.56 bits per heavy atom. The second kappa shape index (κ2) is 8.91. The standard InChI is InChI=1S/C21H23ClN2O3/c22-18-8-4-7-16(12-18)17-13-24(14-17)21(27)23-19(9-10-20(25)26)11-15-5-2-1-3-6-15/h1-8,12,17,19H,9-11,13-14H2,(H,23,27)(H,25,26). The number of urea groups is 1. The predicted molar refractivity (Wildman–Crippen MR) is 105 cm³/mol. The Morgan fingerprint density at radius 1 is 1.15 bits per heavy atom. The van der Waals surface area contributed by atoms with Gasteiger partial charge in [-0.15, -0.1) is 0 Å². The largest absolute Gasteiger partial charge is 0.481 e. The molecular formula is C21H23ClN2O3. The van der Waals surface area contributed by atoms with E-state index in [9.17, 15) is 9.59 Å². The number of nitrogens with one attached hydrogen (secondary N) is 1. The third-order valence-electron chi connectivity index (χ3n) is 4.85. The van der Waals surface area contributed by atoms with Crippen LogP contribution in [0.15, 0.2) is 54.6 Å². The highest BCUT2D eigenvalue weighted by atomic mass is 35.5. The van der Waals surface area contributed by atoms with Crippen molar-refractivity contribution < 1.29 is 14.7 Å². The first-order valence-electron chi connectivity index (χ1n) is 9.08. The lowest BCUT2D eigenvalue weighted by Gasteiger charge is -2.40. The second-order valence-corrected chi connectivity index (χ2v) is 7.36. The Morgan fingerprint density at radius 2 is 1.89 bits per heavy atom. The number of amides is 2. The summed E-state index contributed by atoms with van der Waals surface area (Å²) in [5, 5.41) is 12.7. The maximum Gasteiger partial charge on any atom is 0.317 e. The lowest BCUT2D eigenvalue weighted by Crippen LogP contribution is -2.54. The van der Waals surface area contributed by atoms with Crippen LogP contribution in [-0.2, 0) is 11.2 Å². The van der Waals surface area contributed by atoms with E-state index >= 15 is 0 Å². The molecule has 1 aliphatic rings. The van der Waals surface area contributed by atoms with Gasteiger partial charge < -0.3 is 15.3 Å². The van der Waals surface area contributed by atoms with Gasteiger partial charge in [-0.1, -0.05) is 54.1 Å². The maximum atomic E-state index is 12.6. The minimum Gasteiger partial charge on any atom is -0.481 e. The first-order chi connectivity index (χ1) is 13.0. The van der Waals surface area contributed by atoms with Crippen LogP contribution in [0.4, 0.5) is 4.79 Å². The van der Waals surface area contributed by atoms with Crippen LogP contribution >= 0.6 is 11.6 Å². The van der Waals surface area contributed by atoms with E-state index in [1.54, 1.807) is 4.90 Å². The number of rotatable bonds is 7. The lowest BCUT2D eigenvalue weighted by molar-refractivity contribution is -0.137. The summed E-state index contributed by atoms with van der Waals surface area (Å²) in [6, 6.07) is 17.2. The van der Waals surface area contributed by atoms with Crippen molar-refractivity contribution in [3.05, 3.63) is 70.7 Å². The van der Waals surface area contributed by atoms with Crippen molar-refractivity contribution in [2.45, 2.75) is 31.2 Å². The molecule has 2 amide bonds. The number of carbonyl (C=O) groups excluding carboxylic acids is 1. The summed E-state index contributed by atoms with van der Waals surface area (Å²) >= 11 is 6.03. The normalized spacial score (nSPS) is 15.1. The number of hydrogen-bond donors (Lipinski definition) is 2. The third kappa shape index (κ3) is 5.47. The molecule has 5 nitrogen and oxygen atoms in total. The Hall–Kier alpha value is -2.53. The monoisotopic (exact) mass is 386 g/mol. The first-order valence-corrected chi connectivity index (χ1v) is 9.45. The van der Waals surface area contributed by atoms with Gasteiger partial charge in [-0.25, -0.2) is 4.79 Å². The molecule has 0 radical (unpaired) electrons. The van der Waals surface area contributed by atoms with Gasteiger partial charge >= 0.3 is 12.0 Å². The average Bonchev–Trinajstić information content (AvgIpc) is 2.59. The molecule has 1 atom stereocenters. The van der Waals surface area contributed by atoms with Crippen molar-refractivity contribution in [1.82, 2.24) is 10.2 Å². The highest BCUT2D eigenvalue weighted by molar-refractivity contribution is 6.30. The molecule has 1 saturated heterocycles. The van der Waals surface area contributed by atoms with Gasteiger partial charge in [0, 0.05) is 36.5 Å².